The Labute approximate surface area is 155 Å². The average molecular weight is 383 g/mol. The van der Waals surface area contributed by atoms with Crippen molar-refractivity contribution in [3.63, 3.8) is 0 Å². The Bertz CT molecular complexity index is 726. The van der Waals surface area contributed by atoms with E-state index in [9.17, 15) is 9.18 Å². The minimum Gasteiger partial charge on any atom is -0.445 e. The summed E-state index contributed by atoms with van der Waals surface area (Å²) >= 11 is 7.69. The van der Waals surface area contributed by atoms with Gasteiger partial charge in [0.15, 0.2) is 10.9 Å². The summed E-state index contributed by atoms with van der Waals surface area (Å²) in [6.07, 6.45) is 4.00. The molecule has 0 spiro atoms. The highest BCUT2D eigenvalue weighted by molar-refractivity contribution is 7.98. The molecule has 4 nitrogen and oxygen atoms in total. The Balaban J connectivity index is 1.77. The lowest BCUT2D eigenvalue weighted by molar-refractivity contribution is 0.0904. The van der Waals surface area contributed by atoms with E-state index in [4.69, 9.17) is 16.0 Å². The second-order valence-corrected chi connectivity index (χ2v) is 7.14. The third-order valence-corrected chi connectivity index (χ3v) is 5.33. The maximum absolute atomic E-state index is 14.4. The van der Waals surface area contributed by atoms with Crippen molar-refractivity contribution < 1.29 is 13.6 Å². The van der Waals surface area contributed by atoms with E-state index < -0.39 is 0 Å². The van der Waals surface area contributed by atoms with Crippen LogP contribution in [-0.4, -0.2) is 36.7 Å². The van der Waals surface area contributed by atoms with Crippen molar-refractivity contribution in [3.8, 4) is 0 Å². The molecule has 1 aliphatic heterocycles. The molecule has 134 valence electrons. The van der Waals surface area contributed by atoms with Crippen LogP contribution in [0.5, 0.6) is 0 Å². The van der Waals surface area contributed by atoms with Crippen molar-refractivity contribution in [1.29, 1.82) is 0 Å². The Morgan fingerprint density at radius 2 is 2.12 bits per heavy atom. The maximum atomic E-state index is 14.4. The summed E-state index contributed by atoms with van der Waals surface area (Å²) in [6, 6.07) is 7.78. The highest BCUT2D eigenvalue weighted by Crippen LogP contribution is 2.32. The van der Waals surface area contributed by atoms with Crippen molar-refractivity contribution in [2.45, 2.75) is 24.0 Å². The Morgan fingerprint density at radius 3 is 2.76 bits per heavy atom. The molecular weight excluding hydrogens is 363 g/mol. The Morgan fingerprint density at radius 1 is 1.36 bits per heavy atom. The predicted molar refractivity (Wildman–Crippen MR) is 97.8 cm³/mol. The van der Waals surface area contributed by atoms with Crippen molar-refractivity contribution >= 4 is 29.3 Å². The molecule has 1 aromatic carbocycles. The van der Waals surface area contributed by atoms with Gasteiger partial charge in [-0.25, -0.2) is 4.39 Å². The number of rotatable bonds is 6. The lowest BCUT2D eigenvalue weighted by atomic mass is 10.0. The first-order valence-corrected chi connectivity index (χ1v) is 9.80. The van der Waals surface area contributed by atoms with Crippen LogP contribution in [0.15, 0.2) is 39.8 Å². The molecule has 1 aliphatic rings. The molecule has 0 aliphatic carbocycles. The molecule has 1 atom stereocenters. The lowest BCUT2D eigenvalue weighted by Gasteiger charge is -2.29. The number of amides is 1. The van der Waals surface area contributed by atoms with E-state index in [-0.39, 0.29) is 30.1 Å². The molecule has 1 aromatic heterocycles. The zero-order valence-electron chi connectivity index (χ0n) is 13.9. The van der Waals surface area contributed by atoms with E-state index in [1.165, 1.54) is 17.8 Å². The van der Waals surface area contributed by atoms with Crippen LogP contribution in [0.1, 0.15) is 35.0 Å². The molecule has 0 radical (unpaired) electrons. The van der Waals surface area contributed by atoms with Crippen LogP contribution in [0.3, 0.4) is 0 Å². The lowest BCUT2D eigenvalue weighted by Crippen LogP contribution is -2.37. The Kier molecular flexibility index (Phi) is 6.04. The van der Waals surface area contributed by atoms with E-state index >= 15 is 0 Å². The largest absolute Gasteiger partial charge is 0.445 e. The SMILES string of the molecule is CSc1ccc(C(=O)NCC(c2c(F)cccc2Cl)N2CCCC2)o1. The summed E-state index contributed by atoms with van der Waals surface area (Å²) in [5.74, 6) is -0.401. The number of carbonyl (C=O) groups is 1. The van der Waals surface area contributed by atoms with Crippen molar-refractivity contribution in [2.75, 3.05) is 25.9 Å². The van der Waals surface area contributed by atoms with E-state index in [0.29, 0.717) is 15.7 Å². The van der Waals surface area contributed by atoms with Crippen molar-refractivity contribution in [3.05, 3.63) is 52.5 Å². The number of likely N-dealkylation sites (tertiary alicyclic amines) is 1. The molecule has 1 fully saturated rings. The molecule has 25 heavy (non-hydrogen) atoms. The summed E-state index contributed by atoms with van der Waals surface area (Å²) in [4.78, 5) is 14.5. The average Bonchev–Trinajstić information content (AvgIpc) is 3.28. The van der Waals surface area contributed by atoms with Gasteiger partial charge in [0.1, 0.15) is 5.82 Å². The van der Waals surface area contributed by atoms with Crippen LogP contribution in [0.2, 0.25) is 5.02 Å². The second kappa shape index (κ2) is 8.25. The van der Waals surface area contributed by atoms with E-state index in [1.54, 1.807) is 24.3 Å². The van der Waals surface area contributed by atoms with Gasteiger partial charge in [0.25, 0.3) is 5.91 Å². The number of thioether (sulfide) groups is 1. The fourth-order valence-corrected chi connectivity index (χ4v) is 3.79. The number of hydrogen-bond donors (Lipinski definition) is 1. The Hall–Kier alpha value is -1.50. The number of hydrogen-bond acceptors (Lipinski definition) is 4. The molecule has 2 heterocycles. The van der Waals surface area contributed by atoms with E-state index in [0.717, 1.165) is 25.9 Å². The zero-order valence-corrected chi connectivity index (χ0v) is 15.5. The van der Waals surface area contributed by atoms with Crippen molar-refractivity contribution in [2.24, 2.45) is 0 Å². The molecule has 1 amide bonds. The van der Waals surface area contributed by atoms with Gasteiger partial charge in [-0.05, 0) is 56.5 Å². The fraction of sp³-hybridized carbons (Fsp3) is 0.389. The van der Waals surface area contributed by atoms with Crippen LogP contribution in [0, 0.1) is 5.82 Å². The first-order valence-electron chi connectivity index (χ1n) is 8.20. The zero-order chi connectivity index (χ0) is 17.8. The van der Waals surface area contributed by atoms with Crippen molar-refractivity contribution in [1.82, 2.24) is 10.2 Å². The van der Waals surface area contributed by atoms with Gasteiger partial charge in [-0.1, -0.05) is 29.4 Å². The third kappa shape index (κ3) is 4.19. The number of nitrogens with one attached hydrogen (secondary N) is 1. The smallest absolute Gasteiger partial charge is 0.287 e. The fourth-order valence-electron chi connectivity index (χ4n) is 3.12. The number of carbonyl (C=O) groups excluding carboxylic acids is 1. The molecule has 0 saturated carbocycles. The van der Waals surface area contributed by atoms with E-state index in [2.05, 4.69) is 10.2 Å². The van der Waals surface area contributed by atoms with E-state index in [1.807, 2.05) is 6.26 Å². The quantitative estimate of drug-likeness (QED) is 0.754. The molecule has 2 aromatic rings. The van der Waals surface area contributed by atoms with Crippen LogP contribution >= 0.6 is 23.4 Å². The van der Waals surface area contributed by atoms with Gasteiger partial charge in [-0.3, -0.25) is 9.69 Å². The minimum absolute atomic E-state index is 0.254. The highest BCUT2D eigenvalue weighted by Gasteiger charge is 2.28. The van der Waals surface area contributed by atoms with Crippen LogP contribution in [0.25, 0.3) is 0 Å². The first-order chi connectivity index (χ1) is 12.1. The molecule has 3 rings (SSSR count). The standard InChI is InChI=1S/C18H20ClFN2O2S/c1-25-16-8-7-15(24-16)18(23)21-11-14(22-9-2-3-10-22)17-12(19)5-4-6-13(17)20/h4-8,14H,2-3,9-11H2,1H3,(H,21,23). The predicted octanol–water partition coefficient (Wildman–Crippen LogP) is 4.36. The number of furan rings is 1. The van der Waals surface area contributed by atoms with Gasteiger partial charge in [0, 0.05) is 17.1 Å². The molecule has 1 unspecified atom stereocenters. The molecule has 1 N–H and O–H groups in total. The summed E-state index contributed by atoms with van der Waals surface area (Å²) in [7, 11) is 0. The van der Waals surface area contributed by atoms with Gasteiger partial charge in [0.2, 0.25) is 0 Å². The van der Waals surface area contributed by atoms with Gasteiger partial charge >= 0.3 is 0 Å². The summed E-state index contributed by atoms with van der Waals surface area (Å²) in [6.45, 7) is 2.00. The van der Waals surface area contributed by atoms with Gasteiger partial charge in [-0.2, -0.15) is 0 Å². The highest BCUT2D eigenvalue weighted by atomic mass is 35.5. The normalized spacial score (nSPS) is 16.1. The molecule has 0 bridgehead atoms. The molecule has 1 saturated heterocycles. The summed E-state index contributed by atoms with van der Waals surface area (Å²) in [5.41, 5.74) is 0.440. The summed E-state index contributed by atoms with van der Waals surface area (Å²) < 4.78 is 19.8. The third-order valence-electron chi connectivity index (χ3n) is 4.38. The maximum Gasteiger partial charge on any atom is 0.287 e. The van der Waals surface area contributed by atoms with Gasteiger partial charge < -0.3 is 9.73 Å². The van der Waals surface area contributed by atoms with Crippen LogP contribution in [0.4, 0.5) is 4.39 Å². The van der Waals surface area contributed by atoms with Crippen LogP contribution in [-0.2, 0) is 0 Å². The van der Waals surface area contributed by atoms with Gasteiger partial charge in [0.05, 0.1) is 6.04 Å². The molecular formula is C18H20ClFN2O2S. The number of nitrogens with zero attached hydrogens (tertiary/aromatic N) is 1. The molecule has 7 heteroatoms. The first kappa shape index (κ1) is 18.3. The number of halogens is 2. The van der Waals surface area contributed by atoms with Crippen LogP contribution < -0.4 is 5.32 Å². The number of benzene rings is 1. The van der Waals surface area contributed by atoms with Gasteiger partial charge in [-0.15, -0.1) is 0 Å². The summed E-state index contributed by atoms with van der Waals surface area (Å²) in [5, 5.41) is 3.92. The minimum atomic E-state index is -0.346. The second-order valence-electron chi connectivity index (χ2n) is 5.93. The monoisotopic (exact) mass is 382 g/mol. The topological polar surface area (TPSA) is 45.5 Å².